The van der Waals surface area contributed by atoms with Crippen molar-refractivity contribution in [1.82, 2.24) is 14.7 Å². The number of rotatable bonds is 4. The van der Waals surface area contributed by atoms with Crippen molar-refractivity contribution in [2.45, 2.75) is 52.4 Å². The lowest BCUT2D eigenvalue weighted by atomic mass is 10.1. The maximum Gasteiger partial charge on any atom is 0.270 e. The molecule has 4 rings (SSSR count). The van der Waals surface area contributed by atoms with Crippen LogP contribution in [0.15, 0.2) is 23.3 Å². The van der Waals surface area contributed by atoms with Gasteiger partial charge in [-0.15, -0.1) is 0 Å². The number of carbonyl (C=O) groups excluding carboxylic acids is 3. The molecule has 0 spiro atoms. The Hall–Kier alpha value is -2.74. The van der Waals surface area contributed by atoms with E-state index < -0.39 is 0 Å². The number of hydrazone groups is 1. The average Bonchev–Trinajstić information content (AvgIpc) is 3.11. The zero-order chi connectivity index (χ0) is 23.4. The van der Waals surface area contributed by atoms with Crippen LogP contribution in [0.25, 0.3) is 0 Å². The first-order chi connectivity index (χ1) is 15.9. The van der Waals surface area contributed by atoms with E-state index in [2.05, 4.69) is 10.0 Å². The molecular formula is C25H35N5O3. The molecule has 0 aliphatic carbocycles. The summed E-state index contributed by atoms with van der Waals surface area (Å²) in [5.74, 6) is 0.0180. The van der Waals surface area contributed by atoms with Crippen molar-refractivity contribution in [2.75, 3.05) is 50.8 Å². The third-order valence-electron chi connectivity index (χ3n) is 6.85. The van der Waals surface area contributed by atoms with Crippen LogP contribution in [0.3, 0.4) is 0 Å². The Morgan fingerprint density at radius 1 is 0.879 bits per heavy atom. The predicted octanol–water partition coefficient (Wildman–Crippen LogP) is 2.33. The predicted molar refractivity (Wildman–Crippen MR) is 128 cm³/mol. The number of amides is 3. The van der Waals surface area contributed by atoms with Crippen LogP contribution in [0.4, 0.5) is 5.69 Å². The monoisotopic (exact) mass is 453 g/mol. The fraction of sp³-hybridized carbons (Fsp3) is 0.600. The van der Waals surface area contributed by atoms with E-state index in [1.165, 1.54) is 17.9 Å². The lowest BCUT2D eigenvalue weighted by Gasteiger charge is -2.36. The van der Waals surface area contributed by atoms with Gasteiger partial charge in [-0.25, -0.2) is 5.01 Å². The van der Waals surface area contributed by atoms with Crippen molar-refractivity contribution < 1.29 is 14.4 Å². The van der Waals surface area contributed by atoms with Crippen LogP contribution in [0.5, 0.6) is 0 Å². The van der Waals surface area contributed by atoms with E-state index in [9.17, 15) is 14.4 Å². The molecule has 0 N–H and O–H groups in total. The Balaban J connectivity index is 1.35. The molecule has 1 aromatic rings. The van der Waals surface area contributed by atoms with E-state index >= 15 is 0 Å². The molecule has 3 amide bonds. The molecule has 8 heteroatoms. The summed E-state index contributed by atoms with van der Waals surface area (Å²) in [6.45, 7) is 8.59. The van der Waals surface area contributed by atoms with Gasteiger partial charge in [-0.1, -0.05) is 25.0 Å². The molecule has 0 unspecified atom stereocenters. The minimum atomic E-state index is -0.101. The molecule has 0 atom stereocenters. The fourth-order valence-electron chi connectivity index (χ4n) is 4.75. The van der Waals surface area contributed by atoms with Gasteiger partial charge in [0.2, 0.25) is 11.8 Å². The van der Waals surface area contributed by atoms with Crippen molar-refractivity contribution in [1.29, 1.82) is 0 Å². The maximum atomic E-state index is 13.2. The first-order valence-corrected chi connectivity index (χ1v) is 12.2. The number of likely N-dealkylation sites (tertiary alicyclic amines) is 1. The zero-order valence-electron chi connectivity index (χ0n) is 19.9. The van der Waals surface area contributed by atoms with Crippen molar-refractivity contribution in [2.24, 2.45) is 5.10 Å². The Kier molecular flexibility index (Phi) is 7.42. The normalized spacial score (nSPS) is 20.5. The highest BCUT2D eigenvalue weighted by atomic mass is 16.2. The molecule has 2 fully saturated rings. The highest BCUT2D eigenvalue weighted by Gasteiger charge is 2.31. The van der Waals surface area contributed by atoms with Crippen LogP contribution in [-0.4, -0.2) is 83.9 Å². The second-order valence-electron chi connectivity index (χ2n) is 9.41. The molecule has 0 saturated carbocycles. The van der Waals surface area contributed by atoms with Gasteiger partial charge in [-0.2, -0.15) is 5.10 Å². The Morgan fingerprint density at radius 2 is 1.58 bits per heavy atom. The van der Waals surface area contributed by atoms with E-state index in [1.807, 2.05) is 41.8 Å². The van der Waals surface area contributed by atoms with Crippen LogP contribution in [0.2, 0.25) is 0 Å². The summed E-state index contributed by atoms with van der Waals surface area (Å²) in [7, 11) is 0. The van der Waals surface area contributed by atoms with Crippen LogP contribution >= 0.6 is 0 Å². The minimum Gasteiger partial charge on any atom is -0.342 e. The molecule has 3 aliphatic rings. The molecule has 2 saturated heterocycles. The topological polar surface area (TPSA) is 76.5 Å². The van der Waals surface area contributed by atoms with Gasteiger partial charge in [0, 0.05) is 52.1 Å². The maximum absolute atomic E-state index is 13.2. The van der Waals surface area contributed by atoms with Crippen LogP contribution in [0, 0.1) is 13.8 Å². The number of nitrogens with zero attached hydrogens (tertiary/aromatic N) is 5. The van der Waals surface area contributed by atoms with Gasteiger partial charge >= 0.3 is 0 Å². The van der Waals surface area contributed by atoms with E-state index in [0.29, 0.717) is 44.9 Å². The van der Waals surface area contributed by atoms with Crippen molar-refractivity contribution in [3.05, 3.63) is 29.3 Å². The number of aryl methyl sites for hydroxylation is 2. The van der Waals surface area contributed by atoms with Crippen LogP contribution < -0.4 is 5.01 Å². The standard InChI is InChI=1S/C25H35N5O3/c1-19-7-8-20(2)22(17-19)30-23(31)10-9-21(26-30)25(33)29-15-13-27(14-16-29)18-24(32)28-11-5-3-4-6-12-28/h7-8,17H,3-6,9-16,18H2,1-2H3. The Bertz CT molecular complexity index is 928. The highest BCUT2D eigenvalue weighted by Crippen LogP contribution is 2.26. The summed E-state index contributed by atoms with van der Waals surface area (Å²) in [6.07, 6.45) is 5.26. The molecule has 0 aromatic heterocycles. The van der Waals surface area contributed by atoms with E-state index in [-0.39, 0.29) is 24.1 Å². The molecule has 1 aromatic carbocycles. The molecule has 8 nitrogen and oxygen atoms in total. The molecule has 178 valence electrons. The average molecular weight is 454 g/mol. The zero-order valence-corrected chi connectivity index (χ0v) is 19.9. The van der Waals surface area contributed by atoms with Crippen molar-refractivity contribution in [3.63, 3.8) is 0 Å². The van der Waals surface area contributed by atoms with E-state index in [1.54, 1.807) is 0 Å². The van der Waals surface area contributed by atoms with Gasteiger partial charge in [-0.3, -0.25) is 19.3 Å². The van der Waals surface area contributed by atoms with Crippen LogP contribution in [-0.2, 0) is 14.4 Å². The highest BCUT2D eigenvalue weighted by molar-refractivity contribution is 6.40. The van der Waals surface area contributed by atoms with Crippen molar-refractivity contribution in [3.8, 4) is 0 Å². The van der Waals surface area contributed by atoms with Crippen LogP contribution in [0.1, 0.15) is 49.7 Å². The van der Waals surface area contributed by atoms with E-state index in [0.717, 1.165) is 42.7 Å². The SMILES string of the molecule is Cc1ccc(C)c(N2N=C(C(=O)N3CCN(CC(=O)N4CCCCCC4)CC3)CCC2=O)c1. The number of anilines is 1. The van der Waals surface area contributed by atoms with Gasteiger partial charge in [0.25, 0.3) is 5.91 Å². The summed E-state index contributed by atoms with van der Waals surface area (Å²) in [5, 5.41) is 5.88. The first-order valence-electron chi connectivity index (χ1n) is 12.2. The Morgan fingerprint density at radius 3 is 2.27 bits per heavy atom. The number of hydrogen-bond donors (Lipinski definition) is 0. The van der Waals surface area contributed by atoms with Gasteiger partial charge in [0.05, 0.1) is 12.2 Å². The van der Waals surface area contributed by atoms with Gasteiger partial charge in [0.15, 0.2) is 0 Å². The molecule has 33 heavy (non-hydrogen) atoms. The number of carbonyl (C=O) groups is 3. The van der Waals surface area contributed by atoms with Crippen molar-refractivity contribution >= 4 is 29.1 Å². The molecular weight excluding hydrogens is 418 g/mol. The minimum absolute atomic E-state index is 0.0860. The number of hydrogen-bond acceptors (Lipinski definition) is 5. The third-order valence-corrected chi connectivity index (χ3v) is 6.85. The van der Waals surface area contributed by atoms with Gasteiger partial charge in [-0.05, 0) is 43.9 Å². The Labute approximate surface area is 196 Å². The summed E-state index contributed by atoms with van der Waals surface area (Å²) >= 11 is 0. The summed E-state index contributed by atoms with van der Waals surface area (Å²) in [6, 6.07) is 5.90. The summed E-state index contributed by atoms with van der Waals surface area (Å²) < 4.78 is 0. The van der Waals surface area contributed by atoms with Gasteiger partial charge < -0.3 is 9.80 Å². The quantitative estimate of drug-likeness (QED) is 0.701. The smallest absolute Gasteiger partial charge is 0.270 e. The molecule has 3 heterocycles. The molecule has 0 radical (unpaired) electrons. The van der Waals surface area contributed by atoms with E-state index in [4.69, 9.17) is 0 Å². The third kappa shape index (κ3) is 5.61. The van der Waals surface area contributed by atoms with Gasteiger partial charge in [0.1, 0.15) is 5.71 Å². The second kappa shape index (κ2) is 10.5. The fourth-order valence-corrected chi connectivity index (χ4v) is 4.75. The summed E-state index contributed by atoms with van der Waals surface area (Å²) in [4.78, 5) is 44.4. The lowest BCUT2D eigenvalue weighted by Crippen LogP contribution is -2.53. The lowest BCUT2D eigenvalue weighted by molar-refractivity contribution is -0.133. The first kappa shape index (κ1) is 23.4. The molecule has 0 bridgehead atoms. The second-order valence-corrected chi connectivity index (χ2v) is 9.41. The number of piperazine rings is 1. The summed E-state index contributed by atoms with van der Waals surface area (Å²) in [5.41, 5.74) is 3.17. The molecule has 3 aliphatic heterocycles. The number of benzene rings is 1. The largest absolute Gasteiger partial charge is 0.342 e.